The van der Waals surface area contributed by atoms with Crippen molar-refractivity contribution in [3.8, 4) is 0 Å². The molecule has 0 spiro atoms. The van der Waals surface area contributed by atoms with Gasteiger partial charge in [-0.15, -0.1) is 0 Å². The number of hydrogen-bond acceptors (Lipinski definition) is 3. The summed E-state index contributed by atoms with van der Waals surface area (Å²) in [6, 6.07) is 11.1. The van der Waals surface area contributed by atoms with Gasteiger partial charge in [0.15, 0.2) is 0 Å². The summed E-state index contributed by atoms with van der Waals surface area (Å²) in [4.78, 5) is 2.50. The van der Waals surface area contributed by atoms with Gasteiger partial charge in [-0.05, 0) is 34.3 Å². The maximum absolute atomic E-state index is 6.03. The topological polar surface area (TPSA) is 47.1 Å². The summed E-state index contributed by atoms with van der Waals surface area (Å²) < 4.78 is 2.86. The second-order valence-electron chi connectivity index (χ2n) is 5.32. The fourth-order valence-electron chi connectivity index (χ4n) is 2.81. The molecule has 0 saturated carbocycles. The first-order valence-corrected chi connectivity index (χ1v) is 7.78. The zero-order chi connectivity index (χ0) is 13.9. The molecule has 0 unspecified atom stereocenters. The second-order valence-corrected chi connectivity index (χ2v) is 6.17. The summed E-state index contributed by atoms with van der Waals surface area (Å²) in [5.41, 5.74) is 7.41. The monoisotopic (exact) mass is 334 g/mol. The van der Waals surface area contributed by atoms with Gasteiger partial charge in [-0.1, -0.05) is 30.3 Å². The van der Waals surface area contributed by atoms with Crippen molar-refractivity contribution >= 4 is 21.7 Å². The average molecular weight is 335 g/mol. The number of piperidine rings is 1. The normalized spacial score (nSPS) is 17.4. The van der Waals surface area contributed by atoms with E-state index in [2.05, 4.69) is 56.3 Å². The molecule has 20 heavy (non-hydrogen) atoms. The highest BCUT2D eigenvalue weighted by atomic mass is 79.9. The van der Waals surface area contributed by atoms with Gasteiger partial charge in [-0.25, -0.2) is 4.68 Å². The zero-order valence-electron chi connectivity index (χ0n) is 11.4. The molecule has 1 aromatic carbocycles. The van der Waals surface area contributed by atoms with Crippen molar-refractivity contribution < 1.29 is 0 Å². The molecule has 2 N–H and O–H groups in total. The van der Waals surface area contributed by atoms with Crippen LogP contribution in [0.4, 0.5) is 5.82 Å². The summed E-state index contributed by atoms with van der Waals surface area (Å²) in [5.74, 6) is 0.742. The quantitative estimate of drug-likeness (QED) is 0.938. The van der Waals surface area contributed by atoms with E-state index in [1.165, 1.54) is 5.56 Å². The summed E-state index contributed by atoms with van der Waals surface area (Å²) in [5, 5.41) is 4.37. The van der Waals surface area contributed by atoms with Gasteiger partial charge in [-0.3, -0.25) is 4.90 Å². The van der Waals surface area contributed by atoms with Gasteiger partial charge in [0.25, 0.3) is 0 Å². The highest BCUT2D eigenvalue weighted by Gasteiger charge is 2.22. The van der Waals surface area contributed by atoms with Crippen molar-refractivity contribution in [3.63, 3.8) is 0 Å². The van der Waals surface area contributed by atoms with E-state index < -0.39 is 0 Å². The first kappa shape index (κ1) is 13.6. The van der Waals surface area contributed by atoms with Crippen molar-refractivity contribution in [1.29, 1.82) is 0 Å². The molecule has 0 bridgehead atoms. The van der Waals surface area contributed by atoms with Crippen LogP contribution in [0.25, 0.3) is 0 Å². The van der Waals surface area contributed by atoms with Crippen LogP contribution in [0, 0.1) is 0 Å². The van der Waals surface area contributed by atoms with Gasteiger partial charge in [0.05, 0.1) is 16.7 Å². The minimum absolute atomic E-state index is 0.424. The van der Waals surface area contributed by atoms with Crippen LogP contribution in [0.3, 0.4) is 0 Å². The van der Waals surface area contributed by atoms with Crippen LogP contribution in [0.15, 0.2) is 41.0 Å². The molecule has 5 heteroatoms. The third-order valence-corrected chi connectivity index (χ3v) is 4.55. The van der Waals surface area contributed by atoms with Gasteiger partial charge in [0.2, 0.25) is 0 Å². The smallest absolute Gasteiger partial charge is 0.136 e. The Morgan fingerprint density at radius 2 is 1.90 bits per heavy atom. The van der Waals surface area contributed by atoms with E-state index in [1.807, 2.05) is 4.68 Å². The predicted molar refractivity (Wildman–Crippen MR) is 84.3 cm³/mol. The zero-order valence-corrected chi connectivity index (χ0v) is 13.0. The van der Waals surface area contributed by atoms with Crippen molar-refractivity contribution in [1.82, 2.24) is 14.7 Å². The summed E-state index contributed by atoms with van der Waals surface area (Å²) in [7, 11) is 0. The van der Waals surface area contributed by atoms with Crippen molar-refractivity contribution in [2.24, 2.45) is 0 Å². The molecule has 1 saturated heterocycles. The van der Waals surface area contributed by atoms with Gasteiger partial charge < -0.3 is 5.73 Å². The Labute approximate surface area is 127 Å². The molecule has 3 rings (SSSR count). The number of benzene rings is 1. The number of rotatable bonds is 3. The van der Waals surface area contributed by atoms with E-state index in [9.17, 15) is 0 Å². The number of hydrogen-bond donors (Lipinski definition) is 1. The van der Waals surface area contributed by atoms with Crippen LogP contribution in [-0.2, 0) is 6.54 Å². The molecule has 4 nitrogen and oxygen atoms in total. The number of aromatic nitrogens is 2. The Morgan fingerprint density at radius 3 is 2.50 bits per heavy atom. The largest absolute Gasteiger partial charge is 0.383 e. The minimum atomic E-state index is 0.424. The highest BCUT2D eigenvalue weighted by Crippen LogP contribution is 2.28. The Morgan fingerprint density at radius 1 is 1.20 bits per heavy atom. The summed E-state index contributed by atoms with van der Waals surface area (Å²) >= 11 is 3.42. The van der Waals surface area contributed by atoms with Crippen molar-refractivity contribution in [2.75, 3.05) is 18.8 Å². The molecule has 0 radical (unpaired) electrons. The van der Waals surface area contributed by atoms with Gasteiger partial charge >= 0.3 is 0 Å². The van der Waals surface area contributed by atoms with E-state index in [0.717, 1.165) is 42.8 Å². The third-order valence-electron chi connectivity index (χ3n) is 3.94. The Balaban J connectivity index is 1.58. The number of anilines is 1. The van der Waals surface area contributed by atoms with Crippen molar-refractivity contribution in [2.45, 2.75) is 25.4 Å². The van der Waals surface area contributed by atoms with Crippen LogP contribution in [0.5, 0.6) is 0 Å². The molecular weight excluding hydrogens is 316 g/mol. The molecular formula is C15H19BrN4. The maximum atomic E-state index is 6.03. The molecule has 1 aliphatic rings. The van der Waals surface area contributed by atoms with Crippen LogP contribution >= 0.6 is 15.9 Å². The van der Waals surface area contributed by atoms with Crippen LogP contribution in [-0.4, -0.2) is 27.8 Å². The molecule has 106 valence electrons. The minimum Gasteiger partial charge on any atom is -0.383 e. The molecule has 0 aliphatic carbocycles. The van der Waals surface area contributed by atoms with E-state index in [4.69, 9.17) is 5.73 Å². The summed E-state index contributed by atoms with van der Waals surface area (Å²) in [6.07, 6.45) is 3.99. The van der Waals surface area contributed by atoms with Gasteiger partial charge in [0, 0.05) is 19.6 Å². The first-order valence-electron chi connectivity index (χ1n) is 6.99. The molecule has 1 fully saturated rings. The summed E-state index contributed by atoms with van der Waals surface area (Å²) in [6.45, 7) is 3.22. The van der Waals surface area contributed by atoms with Crippen molar-refractivity contribution in [3.05, 3.63) is 46.6 Å². The fraction of sp³-hybridized carbons (Fsp3) is 0.400. The van der Waals surface area contributed by atoms with Crippen LogP contribution < -0.4 is 5.73 Å². The van der Waals surface area contributed by atoms with Crippen LogP contribution in [0.1, 0.15) is 24.4 Å². The predicted octanol–water partition coefficient (Wildman–Crippen LogP) is 3.06. The average Bonchev–Trinajstić information content (AvgIpc) is 2.81. The number of likely N-dealkylation sites (tertiary alicyclic amines) is 1. The van der Waals surface area contributed by atoms with Crippen LogP contribution in [0.2, 0.25) is 0 Å². The molecule has 0 amide bonds. The highest BCUT2D eigenvalue weighted by molar-refractivity contribution is 9.10. The molecule has 0 atom stereocenters. The number of nitrogen functional groups attached to an aromatic ring is 1. The lowest BCUT2D eigenvalue weighted by atomic mass is 10.0. The Bertz CT molecular complexity index is 559. The second kappa shape index (κ2) is 5.97. The maximum Gasteiger partial charge on any atom is 0.136 e. The first-order chi connectivity index (χ1) is 9.74. The Kier molecular flexibility index (Phi) is 4.08. The lowest BCUT2D eigenvalue weighted by Gasteiger charge is -2.32. The fourth-order valence-corrected chi connectivity index (χ4v) is 3.08. The van der Waals surface area contributed by atoms with E-state index in [0.29, 0.717) is 6.04 Å². The van der Waals surface area contributed by atoms with E-state index in [-0.39, 0.29) is 0 Å². The van der Waals surface area contributed by atoms with Gasteiger partial charge in [-0.2, -0.15) is 5.10 Å². The molecule has 1 aliphatic heterocycles. The van der Waals surface area contributed by atoms with E-state index >= 15 is 0 Å². The lowest BCUT2D eigenvalue weighted by molar-refractivity contribution is 0.174. The standard InChI is InChI=1S/C15H19BrN4/c16-14-10-18-20(15(14)17)13-6-8-19(9-7-13)11-12-4-2-1-3-5-12/h1-5,10,13H,6-9,11,17H2. The van der Waals surface area contributed by atoms with E-state index in [1.54, 1.807) is 6.20 Å². The molecule has 1 aromatic heterocycles. The number of nitrogens with two attached hydrogens (primary N) is 1. The number of halogens is 1. The Hall–Kier alpha value is -1.33. The van der Waals surface area contributed by atoms with Gasteiger partial charge in [0.1, 0.15) is 5.82 Å². The lowest BCUT2D eigenvalue weighted by Crippen LogP contribution is -2.34. The third kappa shape index (κ3) is 2.88. The SMILES string of the molecule is Nc1c(Br)cnn1C1CCN(Cc2ccccc2)CC1. The molecule has 2 heterocycles. The number of nitrogens with zero attached hydrogens (tertiary/aromatic N) is 3. The molecule has 2 aromatic rings.